The van der Waals surface area contributed by atoms with E-state index in [4.69, 9.17) is 9.47 Å². The molecule has 1 heterocycles. The summed E-state index contributed by atoms with van der Waals surface area (Å²) >= 11 is 0. The second-order valence-electron chi connectivity index (χ2n) is 26.0. The normalized spacial score (nSPS) is 18.4. The summed E-state index contributed by atoms with van der Waals surface area (Å²) in [5.74, 6) is -0.193. The molecule has 1 rings (SSSR count). The Kier molecular flexibility index (Phi) is 65.3. The van der Waals surface area contributed by atoms with Crippen LogP contribution in [0.3, 0.4) is 0 Å². The molecule has 0 radical (unpaired) electrons. The molecule has 1 amide bonds. The van der Waals surface area contributed by atoms with Gasteiger partial charge in [0, 0.05) is 6.42 Å². The molecule has 1 aliphatic heterocycles. The molecule has 1 aliphatic rings. The molecule has 0 aromatic rings. The van der Waals surface area contributed by atoms with Gasteiger partial charge < -0.3 is 40.3 Å². The van der Waals surface area contributed by atoms with Crippen LogP contribution in [0.4, 0.5) is 0 Å². The molecule has 91 heavy (non-hydrogen) atoms. The Labute approximate surface area is 560 Å². The predicted molar refractivity (Wildman–Crippen MR) is 391 cm³/mol. The molecule has 0 aliphatic carbocycles. The van der Waals surface area contributed by atoms with E-state index in [0.717, 1.165) is 89.9 Å². The van der Waals surface area contributed by atoms with Gasteiger partial charge in [0.1, 0.15) is 24.4 Å². The van der Waals surface area contributed by atoms with Gasteiger partial charge in [0.2, 0.25) is 5.91 Å². The first-order chi connectivity index (χ1) is 44.8. The fraction of sp³-hybridized carbons (Fsp3) is 0.744. The van der Waals surface area contributed by atoms with Crippen LogP contribution in [0.15, 0.2) is 122 Å². The third-order valence-corrected chi connectivity index (χ3v) is 17.5. The number of unbranched alkanes of at least 4 members (excludes halogenated alkanes) is 38. The van der Waals surface area contributed by atoms with Crippen LogP contribution >= 0.6 is 0 Å². The minimum absolute atomic E-state index is 0.193. The van der Waals surface area contributed by atoms with Crippen molar-refractivity contribution in [1.29, 1.82) is 0 Å². The molecule has 0 aromatic carbocycles. The zero-order chi connectivity index (χ0) is 65.7. The minimum Gasteiger partial charge on any atom is -0.394 e. The lowest BCUT2D eigenvalue weighted by molar-refractivity contribution is -0.302. The Hall–Kier alpha value is -3.41. The van der Waals surface area contributed by atoms with E-state index >= 15 is 0 Å². The number of hydrogen-bond donors (Lipinski definition) is 6. The van der Waals surface area contributed by atoms with Crippen molar-refractivity contribution in [2.24, 2.45) is 0 Å². The van der Waals surface area contributed by atoms with Crippen molar-refractivity contribution < 1.29 is 39.8 Å². The average molecular weight is 1270 g/mol. The maximum Gasteiger partial charge on any atom is 0.220 e. The van der Waals surface area contributed by atoms with Crippen LogP contribution in [-0.4, -0.2) is 87.5 Å². The zero-order valence-electron chi connectivity index (χ0n) is 58.8. The van der Waals surface area contributed by atoms with Crippen LogP contribution in [0, 0.1) is 0 Å². The van der Waals surface area contributed by atoms with Crippen LogP contribution < -0.4 is 5.32 Å². The van der Waals surface area contributed by atoms with E-state index in [2.05, 4.69) is 129 Å². The molecular formula is C82H143NO8. The van der Waals surface area contributed by atoms with E-state index in [-0.39, 0.29) is 12.5 Å². The van der Waals surface area contributed by atoms with E-state index in [0.29, 0.717) is 6.42 Å². The first-order valence-electron chi connectivity index (χ1n) is 38.3. The van der Waals surface area contributed by atoms with Gasteiger partial charge in [0.15, 0.2) is 6.29 Å². The Morgan fingerprint density at radius 2 is 0.692 bits per heavy atom. The standard InChI is InChI=1S/C82H143NO8/c1-3-5-7-9-11-13-15-17-19-21-23-25-27-29-31-33-35-37-38-40-42-44-46-48-50-52-54-56-58-60-62-64-66-68-70-72-78(86)83-75(74-90-82-81(89)80(88)79(87)77(73-84)91-82)76(85)71-69-67-65-63-61-59-57-55-53-51-49-47-45-43-41-39-36-34-32-30-28-26-24-22-20-18-16-14-12-10-8-6-4-2/h5,7,11,13,17,19,23,25,29,31,35,37,40,42,53,55,61,63,69,71,75-77,79-82,84-85,87-89H,3-4,6,8-10,12,14-16,18,20-22,24,26-28,30,32-34,36,38-39,41,43-52,54,56-60,62,64-68,70,72-74H2,1-2H3,(H,83,86)/b7-5-,13-11-,19-17-,25-23-,31-29-,37-35-,42-40-,55-53+,63-61+,71-69+. The van der Waals surface area contributed by atoms with Crippen molar-refractivity contribution in [2.45, 2.75) is 378 Å². The number of nitrogens with one attached hydrogen (secondary N) is 1. The van der Waals surface area contributed by atoms with Gasteiger partial charge in [-0.25, -0.2) is 0 Å². The highest BCUT2D eigenvalue weighted by molar-refractivity contribution is 5.76. The molecule has 0 saturated carbocycles. The molecule has 1 saturated heterocycles. The third-order valence-electron chi connectivity index (χ3n) is 17.5. The number of carbonyl (C=O) groups is 1. The summed E-state index contributed by atoms with van der Waals surface area (Å²) in [4.78, 5) is 13.2. The molecule has 524 valence electrons. The number of rotatable bonds is 66. The number of carbonyl (C=O) groups excluding carboxylic acids is 1. The average Bonchev–Trinajstić information content (AvgIpc) is 1.58. The lowest BCUT2D eigenvalue weighted by Gasteiger charge is -2.40. The van der Waals surface area contributed by atoms with Crippen molar-refractivity contribution in [3.63, 3.8) is 0 Å². The van der Waals surface area contributed by atoms with Crippen LogP contribution in [0.25, 0.3) is 0 Å². The van der Waals surface area contributed by atoms with Crippen LogP contribution in [-0.2, 0) is 14.3 Å². The monoisotopic (exact) mass is 1270 g/mol. The number of aliphatic hydroxyl groups excluding tert-OH is 5. The summed E-state index contributed by atoms with van der Waals surface area (Å²) in [7, 11) is 0. The molecule has 7 atom stereocenters. The predicted octanol–water partition coefficient (Wildman–Crippen LogP) is 21.8. The molecule has 1 fully saturated rings. The molecule has 9 heteroatoms. The zero-order valence-corrected chi connectivity index (χ0v) is 58.8. The fourth-order valence-corrected chi connectivity index (χ4v) is 11.6. The van der Waals surface area contributed by atoms with Gasteiger partial charge in [0.05, 0.1) is 25.4 Å². The van der Waals surface area contributed by atoms with Crippen LogP contribution in [0.2, 0.25) is 0 Å². The van der Waals surface area contributed by atoms with Gasteiger partial charge in [-0.15, -0.1) is 0 Å². The quantitative estimate of drug-likeness (QED) is 0.0261. The first kappa shape index (κ1) is 85.6. The lowest BCUT2D eigenvalue weighted by Crippen LogP contribution is -2.60. The summed E-state index contributed by atoms with van der Waals surface area (Å²) in [5, 5.41) is 54.8. The number of amides is 1. The topological polar surface area (TPSA) is 149 Å². The van der Waals surface area contributed by atoms with E-state index in [1.165, 1.54) is 225 Å². The Morgan fingerprint density at radius 1 is 0.385 bits per heavy atom. The summed E-state index contributed by atoms with van der Waals surface area (Å²) in [5.41, 5.74) is 0. The maximum absolute atomic E-state index is 13.2. The van der Waals surface area contributed by atoms with Crippen molar-refractivity contribution in [1.82, 2.24) is 5.32 Å². The number of aliphatic hydroxyl groups is 5. The van der Waals surface area contributed by atoms with Crippen LogP contribution in [0.1, 0.15) is 335 Å². The van der Waals surface area contributed by atoms with Crippen molar-refractivity contribution in [3.05, 3.63) is 122 Å². The Balaban J connectivity index is 2.14. The molecule has 7 unspecified atom stereocenters. The number of hydrogen-bond acceptors (Lipinski definition) is 8. The molecule has 0 spiro atoms. The highest BCUT2D eigenvalue weighted by atomic mass is 16.7. The highest BCUT2D eigenvalue weighted by Gasteiger charge is 2.44. The lowest BCUT2D eigenvalue weighted by atomic mass is 9.99. The smallest absolute Gasteiger partial charge is 0.220 e. The molecule has 9 nitrogen and oxygen atoms in total. The number of ether oxygens (including phenoxy) is 2. The van der Waals surface area contributed by atoms with Gasteiger partial charge in [-0.2, -0.15) is 0 Å². The molecule has 0 bridgehead atoms. The van der Waals surface area contributed by atoms with Gasteiger partial charge in [-0.3, -0.25) is 4.79 Å². The van der Waals surface area contributed by atoms with Gasteiger partial charge >= 0.3 is 0 Å². The maximum atomic E-state index is 13.2. The van der Waals surface area contributed by atoms with Gasteiger partial charge in [-0.05, 0) is 103 Å². The Bertz CT molecular complexity index is 1860. The SMILES string of the molecule is CC/C=C\C/C=C\C/C=C\C/C=C\C/C=C\C/C=C\C/C=C\CCCCCCCCCCCCCCCC(=O)NC(COC1OC(CO)C(O)C(O)C1O)C(O)/C=C/CC/C=C/CC/C=C/CCCCCCCCCCCCCCCCCCCCCCCCC. The summed E-state index contributed by atoms with van der Waals surface area (Å²) < 4.78 is 11.3. The third kappa shape index (κ3) is 57.7. The van der Waals surface area contributed by atoms with E-state index in [9.17, 15) is 30.3 Å². The van der Waals surface area contributed by atoms with Crippen molar-refractivity contribution in [3.8, 4) is 0 Å². The fourth-order valence-electron chi connectivity index (χ4n) is 11.6. The van der Waals surface area contributed by atoms with E-state index < -0.39 is 49.5 Å². The second-order valence-corrected chi connectivity index (χ2v) is 26.0. The molecular weight excluding hydrogens is 1130 g/mol. The summed E-state index contributed by atoms with van der Waals surface area (Å²) in [6.45, 7) is 3.67. The van der Waals surface area contributed by atoms with E-state index in [1.807, 2.05) is 6.08 Å². The van der Waals surface area contributed by atoms with E-state index in [1.54, 1.807) is 6.08 Å². The summed E-state index contributed by atoms with van der Waals surface area (Å²) in [6.07, 6.45) is 97.6. The molecule has 6 N–H and O–H groups in total. The largest absolute Gasteiger partial charge is 0.394 e. The van der Waals surface area contributed by atoms with Gasteiger partial charge in [0.25, 0.3) is 0 Å². The second kappa shape index (κ2) is 69.4. The number of allylic oxidation sites excluding steroid dienone is 19. The Morgan fingerprint density at radius 3 is 1.05 bits per heavy atom. The minimum atomic E-state index is -1.58. The van der Waals surface area contributed by atoms with Crippen molar-refractivity contribution in [2.75, 3.05) is 13.2 Å². The highest BCUT2D eigenvalue weighted by Crippen LogP contribution is 2.23. The molecule has 0 aromatic heterocycles. The first-order valence-corrected chi connectivity index (χ1v) is 38.3. The van der Waals surface area contributed by atoms with Gasteiger partial charge in [-0.1, -0.05) is 347 Å². The van der Waals surface area contributed by atoms with Crippen LogP contribution in [0.5, 0.6) is 0 Å². The van der Waals surface area contributed by atoms with Crippen molar-refractivity contribution >= 4 is 5.91 Å². The summed E-state index contributed by atoms with van der Waals surface area (Å²) in [6, 6.07) is -0.839.